The third-order valence-corrected chi connectivity index (χ3v) is 3.43. The molecule has 0 aliphatic heterocycles. The zero-order valence-electron chi connectivity index (χ0n) is 13.8. The lowest BCUT2D eigenvalue weighted by Gasteiger charge is -2.13. The fourth-order valence-corrected chi connectivity index (χ4v) is 2.13. The summed E-state index contributed by atoms with van der Waals surface area (Å²) in [6, 6.07) is 3.08. The van der Waals surface area contributed by atoms with Crippen LogP contribution in [0.25, 0.3) is 0 Å². The van der Waals surface area contributed by atoms with Crippen molar-refractivity contribution in [2.75, 3.05) is 21.3 Å². The van der Waals surface area contributed by atoms with E-state index in [4.69, 9.17) is 23.5 Å². The monoisotopic (exact) mass is 321 g/mol. The fourth-order valence-electron chi connectivity index (χ4n) is 2.13. The van der Waals surface area contributed by atoms with Gasteiger partial charge in [0, 0.05) is 0 Å². The number of esters is 1. The van der Waals surface area contributed by atoms with Crippen LogP contribution in [0.2, 0.25) is 0 Å². The van der Waals surface area contributed by atoms with E-state index in [-0.39, 0.29) is 6.61 Å². The third-order valence-electron chi connectivity index (χ3n) is 3.43. The van der Waals surface area contributed by atoms with Gasteiger partial charge in [-0.3, -0.25) is 0 Å². The molecule has 0 spiro atoms. The van der Waals surface area contributed by atoms with Crippen LogP contribution < -0.4 is 14.2 Å². The van der Waals surface area contributed by atoms with Crippen LogP contribution in [0.15, 0.2) is 16.7 Å². The van der Waals surface area contributed by atoms with Crippen LogP contribution >= 0.6 is 0 Å². The first kappa shape index (κ1) is 16.7. The molecular weight excluding hydrogens is 302 g/mol. The molecule has 0 aliphatic rings. The first-order chi connectivity index (χ1) is 11.0. The molecule has 23 heavy (non-hydrogen) atoms. The summed E-state index contributed by atoms with van der Waals surface area (Å²) in [6.07, 6.45) is 0. The Bertz CT molecular complexity index is 662. The van der Waals surface area contributed by atoms with Gasteiger partial charge in [-0.25, -0.2) is 4.79 Å². The van der Waals surface area contributed by atoms with Gasteiger partial charge in [-0.05, 0) is 26.0 Å². The Morgan fingerprint density at radius 3 is 2.13 bits per heavy atom. The topological polar surface area (TPSA) is 80.0 Å². The lowest BCUT2D eigenvalue weighted by molar-refractivity contribution is 0.0470. The highest BCUT2D eigenvalue weighted by Crippen LogP contribution is 2.38. The van der Waals surface area contributed by atoms with Crippen molar-refractivity contribution in [1.29, 1.82) is 0 Å². The van der Waals surface area contributed by atoms with E-state index in [1.165, 1.54) is 33.5 Å². The molecule has 0 radical (unpaired) electrons. The molecule has 124 valence electrons. The summed E-state index contributed by atoms with van der Waals surface area (Å²) in [5.41, 5.74) is 1.75. The Hall–Kier alpha value is -2.70. The lowest BCUT2D eigenvalue weighted by Crippen LogP contribution is -2.07. The number of hydrogen-bond acceptors (Lipinski definition) is 7. The van der Waals surface area contributed by atoms with Gasteiger partial charge in [0.25, 0.3) is 0 Å². The molecular formula is C16H19NO6. The van der Waals surface area contributed by atoms with Gasteiger partial charge < -0.3 is 23.5 Å². The number of rotatable bonds is 6. The maximum absolute atomic E-state index is 12.3. The normalized spacial score (nSPS) is 10.3. The molecule has 1 heterocycles. The minimum Gasteiger partial charge on any atom is -0.493 e. The summed E-state index contributed by atoms with van der Waals surface area (Å²) in [5, 5.41) is 3.82. The molecule has 0 fully saturated rings. The Morgan fingerprint density at radius 1 is 1.09 bits per heavy atom. The second-order valence-electron chi connectivity index (χ2n) is 4.79. The largest absolute Gasteiger partial charge is 0.493 e. The second kappa shape index (κ2) is 7.04. The predicted octanol–water partition coefficient (Wildman–Crippen LogP) is 2.67. The van der Waals surface area contributed by atoms with Gasteiger partial charge in [0.05, 0.1) is 38.2 Å². The zero-order valence-corrected chi connectivity index (χ0v) is 13.8. The molecule has 0 unspecified atom stereocenters. The van der Waals surface area contributed by atoms with Crippen molar-refractivity contribution in [2.45, 2.75) is 20.5 Å². The highest BCUT2D eigenvalue weighted by atomic mass is 16.5. The summed E-state index contributed by atoms with van der Waals surface area (Å²) in [6.45, 7) is 3.64. The summed E-state index contributed by atoms with van der Waals surface area (Å²) >= 11 is 0. The average molecular weight is 321 g/mol. The summed E-state index contributed by atoms with van der Waals surface area (Å²) in [5.74, 6) is 1.30. The van der Waals surface area contributed by atoms with Crippen LogP contribution in [-0.2, 0) is 11.3 Å². The molecule has 0 aliphatic carbocycles. The smallest absolute Gasteiger partial charge is 0.338 e. The first-order valence-corrected chi connectivity index (χ1v) is 6.90. The number of hydrogen-bond donors (Lipinski definition) is 0. The summed E-state index contributed by atoms with van der Waals surface area (Å²) in [4.78, 5) is 12.3. The Balaban J connectivity index is 2.22. The minimum absolute atomic E-state index is 0.0800. The molecule has 0 bridgehead atoms. The molecule has 0 atom stereocenters. The van der Waals surface area contributed by atoms with Crippen molar-refractivity contribution < 1.29 is 28.3 Å². The fraction of sp³-hybridized carbons (Fsp3) is 0.375. The van der Waals surface area contributed by atoms with Crippen molar-refractivity contribution in [1.82, 2.24) is 5.16 Å². The van der Waals surface area contributed by atoms with E-state index in [9.17, 15) is 4.79 Å². The number of nitrogens with zero attached hydrogens (tertiary/aromatic N) is 1. The van der Waals surface area contributed by atoms with Gasteiger partial charge in [-0.15, -0.1) is 0 Å². The van der Waals surface area contributed by atoms with Crippen molar-refractivity contribution in [2.24, 2.45) is 0 Å². The molecule has 0 saturated carbocycles. The van der Waals surface area contributed by atoms with E-state index in [0.29, 0.717) is 34.3 Å². The molecule has 2 rings (SSSR count). The molecule has 2 aromatic rings. The predicted molar refractivity (Wildman–Crippen MR) is 81.2 cm³/mol. The van der Waals surface area contributed by atoms with Crippen LogP contribution in [0.1, 0.15) is 27.4 Å². The van der Waals surface area contributed by atoms with E-state index in [1.54, 1.807) is 13.8 Å². The average Bonchev–Trinajstić information content (AvgIpc) is 2.89. The number of aryl methyl sites for hydroxylation is 2. The molecule has 0 N–H and O–H groups in total. The van der Waals surface area contributed by atoms with Gasteiger partial charge in [0.15, 0.2) is 11.5 Å². The van der Waals surface area contributed by atoms with Gasteiger partial charge in [-0.2, -0.15) is 0 Å². The number of benzene rings is 1. The van der Waals surface area contributed by atoms with E-state index < -0.39 is 5.97 Å². The summed E-state index contributed by atoms with van der Waals surface area (Å²) < 4.78 is 26.0. The van der Waals surface area contributed by atoms with Crippen LogP contribution in [-0.4, -0.2) is 32.5 Å². The number of methoxy groups -OCH3 is 3. The van der Waals surface area contributed by atoms with E-state index >= 15 is 0 Å². The van der Waals surface area contributed by atoms with E-state index in [2.05, 4.69) is 5.16 Å². The van der Waals surface area contributed by atoms with Crippen LogP contribution in [0, 0.1) is 13.8 Å². The van der Waals surface area contributed by atoms with Gasteiger partial charge in [-0.1, -0.05) is 5.16 Å². The molecule has 0 amide bonds. The van der Waals surface area contributed by atoms with Gasteiger partial charge in [0.1, 0.15) is 12.4 Å². The Labute approximate surface area is 134 Å². The van der Waals surface area contributed by atoms with Gasteiger partial charge in [0.2, 0.25) is 5.75 Å². The molecule has 7 nitrogen and oxygen atoms in total. The summed E-state index contributed by atoms with van der Waals surface area (Å²) in [7, 11) is 4.46. The standard InChI is InChI=1S/C16H19NO6/c1-9-12(10(2)23-17-9)8-22-16(18)11-6-13(19-3)15(21-5)14(7-11)20-4/h6-7H,8H2,1-5H3. The molecule has 7 heteroatoms. The SMILES string of the molecule is COc1cc(C(=O)OCc2c(C)noc2C)cc(OC)c1OC. The van der Waals surface area contributed by atoms with Crippen molar-refractivity contribution in [3.05, 3.63) is 34.7 Å². The molecule has 1 aromatic carbocycles. The highest BCUT2D eigenvalue weighted by Gasteiger charge is 2.19. The number of carbonyl (C=O) groups is 1. The van der Waals surface area contributed by atoms with Crippen LogP contribution in [0.3, 0.4) is 0 Å². The van der Waals surface area contributed by atoms with Crippen LogP contribution in [0.5, 0.6) is 17.2 Å². The Kier molecular flexibility index (Phi) is 5.10. The lowest BCUT2D eigenvalue weighted by atomic mass is 10.1. The number of ether oxygens (including phenoxy) is 4. The van der Waals surface area contributed by atoms with E-state index in [0.717, 1.165) is 5.56 Å². The number of aromatic nitrogens is 1. The van der Waals surface area contributed by atoms with Crippen molar-refractivity contribution >= 4 is 5.97 Å². The first-order valence-electron chi connectivity index (χ1n) is 6.90. The molecule has 1 aromatic heterocycles. The van der Waals surface area contributed by atoms with E-state index in [1.807, 2.05) is 0 Å². The quantitative estimate of drug-likeness (QED) is 0.757. The van der Waals surface area contributed by atoms with Gasteiger partial charge >= 0.3 is 5.97 Å². The zero-order chi connectivity index (χ0) is 17.0. The maximum Gasteiger partial charge on any atom is 0.338 e. The maximum atomic E-state index is 12.3. The third kappa shape index (κ3) is 3.39. The Morgan fingerprint density at radius 2 is 1.70 bits per heavy atom. The van der Waals surface area contributed by atoms with Crippen molar-refractivity contribution in [3.8, 4) is 17.2 Å². The highest BCUT2D eigenvalue weighted by molar-refractivity contribution is 5.91. The second-order valence-corrected chi connectivity index (χ2v) is 4.79. The van der Waals surface area contributed by atoms with Crippen LogP contribution in [0.4, 0.5) is 0 Å². The van der Waals surface area contributed by atoms with Crippen molar-refractivity contribution in [3.63, 3.8) is 0 Å². The number of carbonyl (C=O) groups excluding carboxylic acids is 1. The molecule has 0 saturated heterocycles. The minimum atomic E-state index is -0.510.